The smallest absolute Gasteiger partial charge is 0.242 e. The number of hydrogen-bond donors (Lipinski definition) is 3. The number of rotatable bonds is 9. The van der Waals surface area contributed by atoms with Gasteiger partial charge in [-0.3, -0.25) is 15.0 Å². The minimum atomic E-state index is -0.350. The molecule has 2 aromatic rings. The van der Waals surface area contributed by atoms with Crippen LogP contribution in [0.4, 0.5) is 0 Å². The van der Waals surface area contributed by atoms with Crippen molar-refractivity contribution in [1.29, 1.82) is 5.41 Å². The van der Waals surface area contributed by atoms with Crippen LogP contribution in [0.1, 0.15) is 48.8 Å². The third-order valence-electron chi connectivity index (χ3n) is 6.69. The number of likely N-dealkylation sites (tertiary alicyclic amines) is 1. The lowest BCUT2D eigenvalue weighted by molar-refractivity contribution is -0.142. The molecule has 4 N–H and O–H groups in total. The number of aryl methyl sites for hydroxylation is 1. The van der Waals surface area contributed by atoms with Crippen LogP contribution in [0.3, 0.4) is 0 Å². The molecule has 168 valence electrons. The average Bonchev–Trinajstić information content (AvgIpc) is 3.41. The zero-order valence-corrected chi connectivity index (χ0v) is 18.5. The van der Waals surface area contributed by atoms with Gasteiger partial charge in [-0.05, 0) is 62.1 Å². The van der Waals surface area contributed by atoms with E-state index >= 15 is 0 Å². The highest BCUT2D eigenvalue weighted by molar-refractivity contribution is 5.95. The monoisotopic (exact) mass is 432 g/mol. The van der Waals surface area contributed by atoms with Gasteiger partial charge in [0.05, 0.1) is 5.41 Å². The van der Waals surface area contributed by atoms with E-state index in [-0.39, 0.29) is 29.1 Å². The van der Waals surface area contributed by atoms with Gasteiger partial charge >= 0.3 is 0 Å². The van der Waals surface area contributed by atoms with E-state index in [0.29, 0.717) is 13.1 Å². The molecular weight excluding hydrogens is 400 g/mol. The fourth-order valence-electron chi connectivity index (χ4n) is 4.71. The first kappa shape index (κ1) is 22.1. The van der Waals surface area contributed by atoms with Crippen molar-refractivity contribution >= 4 is 17.6 Å². The fourth-order valence-corrected chi connectivity index (χ4v) is 4.71. The van der Waals surface area contributed by atoms with Gasteiger partial charge in [0.2, 0.25) is 11.8 Å². The van der Waals surface area contributed by atoms with Crippen LogP contribution in [-0.4, -0.2) is 41.7 Å². The van der Waals surface area contributed by atoms with Gasteiger partial charge in [-0.15, -0.1) is 0 Å². The van der Waals surface area contributed by atoms with Crippen LogP contribution in [0.5, 0.6) is 0 Å². The van der Waals surface area contributed by atoms with E-state index in [2.05, 4.69) is 17.4 Å². The Morgan fingerprint density at radius 3 is 2.56 bits per heavy atom. The number of hydrogen-bond acceptors (Lipinski definition) is 3. The summed E-state index contributed by atoms with van der Waals surface area (Å²) >= 11 is 0. The highest BCUT2D eigenvalue weighted by atomic mass is 16.2. The molecule has 2 fully saturated rings. The minimum Gasteiger partial charge on any atom is -0.384 e. The van der Waals surface area contributed by atoms with Crippen molar-refractivity contribution < 1.29 is 9.59 Å². The van der Waals surface area contributed by atoms with Crippen LogP contribution >= 0.6 is 0 Å². The van der Waals surface area contributed by atoms with Crippen molar-refractivity contribution in [2.45, 2.75) is 51.0 Å². The maximum atomic E-state index is 13.4. The summed E-state index contributed by atoms with van der Waals surface area (Å²) in [6.45, 7) is 1.24. The topological polar surface area (TPSA) is 99.3 Å². The van der Waals surface area contributed by atoms with Crippen LogP contribution in [-0.2, 0) is 22.4 Å². The summed E-state index contributed by atoms with van der Waals surface area (Å²) in [4.78, 5) is 28.1. The van der Waals surface area contributed by atoms with Gasteiger partial charge in [-0.1, -0.05) is 48.5 Å². The molecule has 0 spiro atoms. The Morgan fingerprint density at radius 1 is 1.09 bits per heavy atom. The van der Waals surface area contributed by atoms with Gasteiger partial charge in [0.15, 0.2) is 0 Å². The molecule has 1 saturated carbocycles. The highest BCUT2D eigenvalue weighted by Gasteiger charge is 2.53. The second-order valence-corrected chi connectivity index (χ2v) is 9.11. The van der Waals surface area contributed by atoms with Crippen LogP contribution in [0, 0.1) is 10.8 Å². The van der Waals surface area contributed by atoms with Gasteiger partial charge in [0, 0.05) is 18.7 Å². The minimum absolute atomic E-state index is 0.0381. The van der Waals surface area contributed by atoms with Gasteiger partial charge in [0.25, 0.3) is 0 Å². The van der Waals surface area contributed by atoms with E-state index in [0.717, 1.165) is 56.1 Å². The third kappa shape index (κ3) is 5.01. The number of amides is 2. The Balaban J connectivity index is 1.28. The fraction of sp³-hybridized carbons (Fsp3) is 0.423. The first-order chi connectivity index (χ1) is 15.5. The molecule has 1 aliphatic carbocycles. The molecule has 6 heteroatoms. The zero-order valence-electron chi connectivity index (χ0n) is 18.5. The van der Waals surface area contributed by atoms with Crippen LogP contribution in [0.2, 0.25) is 0 Å². The summed E-state index contributed by atoms with van der Waals surface area (Å²) in [7, 11) is 0. The quantitative estimate of drug-likeness (QED) is 0.323. The number of nitrogens with one attached hydrogen (secondary N) is 2. The average molecular weight is 433 g/mol. The van der Waals surface area contributed by atoms with E-state index in [9.17, 15) is 9.59 Å². The van der Waals surface area contributed by atoms with Gasteiger partial charge in [-0.25, -0.2) is 0 Å². The summed E-state index contributed by atoms with van der Waals surface area (Å²) in [6.07, 6.45) is 5.79. The number of nitrogens with zero attached hydrogens (tertiary/aromatic N) is 1. The summed E-state index contributed by atoms with van der Waals surface area (Å²) < 4.78 is 0. The predicted octanol–water partition coefficient (Wildman–Crippen LogP) is 3.03. The van der Waals surface area contributed by atoms with Gasteiger partial charge in [0.1, 0.15) is 11.9 Å². The van der Waals surface area contributed by atoms with E-state index in [4.69, 9.17) is 11.1 Å². The number of carbonyl (C=O) groups excluding carboxylic acids is 2. The van der Waals surface area contributed by atoms with Crippen LogP contribution in [0.25, 0.3) is 0 Å². The summed E-state index contributed by atoms with van der Waals surface area (Å²) in [5.41, 5.74) is 8.25. The SMILES string of the molecule is N=C(N)c1cccc(CCCNC(=O)C2CCCN2C(=O)C2(Cc3ccccc3)CC2)c1. The number of nitrogen functional groups attached to an aromatic ring is 1. The molecule has 0 aromatic heterocycles. The van der Waals surface area contributed by atoms with E-state index < -0.39 is 0 Å². The molecule has 2 amide bonds. The third-order valence-corrected chi connectivity index (χ3v) is 6.69. The van der Waals surface area contributed by atoms with Gasteiger partial charge < -0.3 is 16.0 Å². The molecule has 2 aliphatic rings. The lowest BCUT2D eigenvalue weighted by Gasteiger charge is -2.28. The molecule has 1 unspecified atom stereocenters. The predicted molar refractivity (Wildman–Crippen MR) is 125 cm³/mol. The van der Waals surface area contributed by atoms with Crippen molar-refractivity contribution in [3.05, 3.63) is 71.3 Å². The molecule has 4 rings (SSSR count). The molecular formula is C26H32N4O2. The maximum Gasteiger partial charge on any atom is 0.242 e. The number of amidine groups is 1. The highest BCUT2D eigenvalue weighted by Crippen LogP contribution is 2.50. The van der Waals surface area contributed by atoms with Crippen molar-refractivity contribution in [3.63, 3.8) is 0 Å². The Kier molecular flexibility index (Phi) is 6.58. The lowest BCUT2D eigenvalue weighted by Crippen LogP contribution is -2.49. The Labute approximate surface area is 189 Å². The molecule has 1 saturated heterocycles. The Hall–Kier alpha value is -3.15. The second kappa shape index (κ2) is 9.55. The van der Waals surface area contributed by atoms with E-state index in [1.807, 2.05) is 47.4 Å². The molecule has 0 radical (unpaired) electrons. The molecule has 2 aromatic carbocycles. The normalized spacial score (nSPS) is 18.9. The van der Waals surface area contributed by atoms with Gasteiger partial charge in [-0.2, -0.15) is 0 Å². The van der Waals surface area contributed by atoms with Crippen molar-refractivity contribution in [2.75, 3.05) is 13.1 Å². The first-order valence-electron chi connectivity index (χ1n) is 11.5. The van der Waals surface area contributed by atoms with E-state index in [1.165, 1.54) is 5.56 Å². The zero-order chi connectivity index (χ0) is 22.6. The largest absolute Gasteiger partial charge is 0.384 e. The van der Waals surface area contributed by atoms with Crippen molar-refractivity contribution in [2.24, 2.45) is 11.1 Å². The summed E-state index contributed by atoms with van der Waals surface area (Å²) in [6, 6.07) is 17.5. The number of carbonyl (C=O) groups is 2. The molecule has 1 aliphatic heterocycles. The van der Waals surface area contributed by atoms with Crippen molar-refractivity contribution in [3.8, 4) is 0 Å². The summed E-state index contributed by atoms with van der Waals surface area (Å²) in [5.74, 6) is 0.177. The second-order valence-electron chi connectivity index (χ2n) is 9.11. The number of nitrogens with two attached hydrogens (primary N) is 1. The van der Waals surface area contributed by atoms with Crippen LogP contribution in [0.15, 0.2) is 54.6 Å². The maximum absolute atomic E-state index is 13.4. The Morgan fingerprint density at radius 2 is 1.84 bits per heavy atom. The summed E-state index contributed by atoms with van der Waals surface area (Å²) in [5, 5.41) is 10.6. The lowest BCUT2D eigenvalue weighted by atomic mass is 9.94. The molecule has 32 heavy (non-hydrogen) atoms. The molecule has 1 atom stereocenters. The first-order valence-corrected chi connectivity index (χ1v) is 11.5. The standard InChI is InChI=1S/C26H32N4O2/c27-23(28)21-11-4-9-19(17-21)10-5-15-29-24(31)22-12-6-16-30(22)25(32)26(13-14-26)18-20-7-2-1-3-8-20/h1-4,7-9,11,17,22H,5-6,10,12-16,18H2,(H3,27,28)(H,29,31). The van der Waals surface area contributed by atoms with Crippen molar-refractivity contribution in [1.82, 2.24) is 10.2 Å². The Bertz CT molecular complexity index is 984. The molecule has 0 bridgehead atoms. The van der Waals surface area contributed by atoms with Crippen LogP contribution < -0.4 is 11.1 Å². The molecule has 1 heterocycles. The van der Waals surface area contributed by atoms with E-state index in [1.54, 1.807) is 0 Å². The number of benzene rings is 2. The molecule has 6 nitrogen and oxygen atoms in total.